The maximum atomic E-state index is 10.6. The van der Waals surface area contributed by atoms with E-state index in [-0.39, 0.29) is 0 Å². The van der Waals surface area contributed by atoms with Crippen LogP contribution in [0.15, 0.2) is 54.7 Å². The van der Waals surface area contributed by atoms with Crippen LogP contribution in [0.25, 0.3) is 5.57 Å². The molecule has 0 saturated carbocycles. The van der Waals surface area contributed by atoms with E-state index in [1.165, 1.54) is 0 Å². The zero-order chi connectivity index (χ0) is 15.9. The van der Waals surface area contributed by atoms with Crippen molar-refractivity contribution in [3.05, 3.63) is 76.0 Å². The van der Waals surface area contributed by atoms with Crippen LogP contribution in [0, 0.1) is 10.1 Å². The monoisotopic (exact) mass is 299 g/mol. The topological polar surface area (TPSA) is 61.6 Å². The van der Waals surface area contributed by atoms with Gasteiger partial charge in [0.25, 0.3) is 0 Å². The van der Waals surface area contributed by atoms with Crippen LogP contribution in [0.5, 0.6) is 11.5 Å². The van der Waals surface area contributed by atoms with Gasteiger partial charge in [-0.2, -0.15) is 0 Å². The van der Waals surface area contributed by atoms with Gasteiger partial charge in [-0.3, -0.25) is 10.1 Å². The van der Waals surface area contributed by atoms with Crippen molar-refractivity contribution in [1.29, 1.82) is 0 Å². The first-order valence-corrected chi connectivity index (χ1v) is 6.77. The highest BCUT2D eigenvalue weighted by atomic mass is 16.6. The molecule has 0 radical (unpaired) electrons. The van der Waals surface area contributed by atoms with Crippen molar-refractivity contribution < 1.29 is 14.4 Å². The van der Waals surface area contributed by atoms with E-state index in [9.17, 15) is 10.1 Å². The lowest BCUT2D eigenvalue weighted by Gasteiger charge is -2.12. The first-order valence-electron chi connectivity index (χ1n) is 6.77. The van der Waals surface area contributed by atoms with Crippen molar-refractivity contribution in [3.63, 3.8) is 0 Å². The summed E-state index contributed by atoms with van der Waals surface area (Å²) in [5.74, 6) is 1.15. The molecule has 0 aromatic heterocycles. The molecule has 2 aromatic rings. The molecule has 0 fully saturated rings. The van der Waals surface area contributed by atoms with Crippen LogP contribution in [-0.4, -0.2) is 12.0 Å². The third kappa shape index (κ3) is 4.09. The number of ether oxygens (including phenoxy) is 2. The molecule has 2 aromatic carbocycles. The van der Waals surface area contributed by atoms with Gasteiger partial charge in [-0.15, -0.1) is 0 Å². The number of benzene rings is 2. The predicted octanol–water partition coefficient (Wildman–Crippen LogP) is 3.91. The van der Waals surface area contributed by atoms with Crippen LogP contribution < -0.4 is 9.47 Å². The summed E-state index contributed by atoms with van der Waals surface area (Å²) in [7, 11) is 1.56. The maximum absolute atomic E-state index is 10.6. The zero-order valence-corrected chi connectivity index (χ0v) is 12.5. The van der Waals surface area contributed by atoms with Crippen LogP contribution in [0.4, 0.5) is 0 Å². The second-order valence-corrected chi connectivity index (χ2v) is 4.74. The number of methoxy groups -OCH3 is 1. The lowest BCUT2D eigenvalue weighted by atomic mass is 10.1. The van der Waals surface area contributed by atoms with Gasteiger partial charge in [-0.1, -0.05) is 36.4 Å². The molecular weight excluding hydrogens is 282 g/mol. The Balaban J connectivity index is 2.23. The molecule has 0 N–H and O–H groups in total. The normalized spacial score (nSPS) is 11.1. The van der Waals surface area contributed by atoms with Crippen molar-refractivity contribution in [2.45, 2.75) is 13.5 Å². The summed E-state index contributed by atoms with van der Waals surface area (Å²) in [6.45, 7) is 2.09. The maximum Gasteiger partial charge on any atom is 0.237 e. The molecule has 0 spiro atoms. The highest BCUT2D eigenvalue weighted by molar-refractivity contribution is 5.65. The predicted molar refractivity (Wildman–Crippen MR) is 84.4 cm³/mol. The Bertz CT molecular complexity index is 680. The van der Waals surface area contributed by atoms with Crippen molar-refractivity contribution in [2.24, 2.45) is 0 Å². The summed E-state index contributed by atoms with van der Waals surface area (Å²) < 4.78 is 11.1. The number of rotatable bonds is 6. The number of hydrogen-bond acceptors (Lipinski definition) is 4. The quantitative estimate of drug-likeness (QED) is 0.599. The molecule has 0 aliphatic carbocycles. The van der Waals surface area contributed by atoms with Gasteiger partial charge in [0.2, 0.25) is 6.20 Å². The molecule has 5 heteroatoms. The van der Waals surface area contributed by atoms with Gasteiger partial charge in [-0.05, 0) is 30.2 Å². The largest absolute Gasteiger partial charge is 0.493 e. The van der Waals surface area contributed by atoms with Crippen molar-refractivity contribution in [2.75, 3.05) is 7.11 Å². The minimum absolute atomic E-state index is 0.401. The van der Waals surface area contributed by atoms with E-state index in [2.05, 4.69) is 0 Å². The van der Waals surface area contributed by atoms with Gasteiger partial charge >= 0.3 is 0 Å². The van der Waals surface area contributed by atoms with Gasteiger partial charge in [0.15, 0.2) is 11.5 Å². The number of hydrogen-bond donors (Lipinski definition) is 0. The molecule has 0 saturated heterocycles. The lowest BCUT2D eigenvalue weighted by Crippen LogP contribution is -1.98. The van der Waals surface area contributed by atoms with Crippen molar-refractivity contribution in [3.8, 4) is 11.5 Å². The Hall–Kier alpha value is -2.82. The average Bonchev–Trinajstić information content (AvgIpc) is 2.53. The standard InChI is InChI=1S/C17H17NO4/c1-13(11-18(19)20)15-8-9-16(21-2)17(10-15)22-12-14-6-4-3-5-7-14/h3-11H,12H2,1-2H3/b13-11+. The van der Waals surface area contributed by atoms with Crippen LogP contribution in [0.2, 0.25) is 0 Å². The molecule has 0 bridgehead atoms. The van der Waals surface area contributed by atoms with Gasteiger partial charge in [-0.25, -0.2) is 0 Å². The van der Waals surface area contributed by atoms with E-state index in [0.29, 0.717) is 23.7 Å². The summed E-state index contributed by atoms with van der Waals surface area (Å²) in [6.07, 6.45) is 0.975. The van der Waals surface area contributed by atoms with Gasteiger partial charge in [0, 0.05) is 5.57 Å². The van der Waals surface area contributed by atoms with Crippen LogP contribution >= 0.6 is 0 Å². The lowest BCUT2D eigenvalue weighted by molar-refractivity contribution is -0.401. The number of allylic oxidation sites excluding steroid dienone is 1. The fourth-order valence-electron chi connectivity index (χ4n) is 2.00. The highest BCUT2D eigenvalue weighted by Gasteiger charge is 2.09. The molecule has 114 valence electrons. The summed E-state index contributed by atoms with van der Waals surface area (Å²) in [6, 6.07) is 15.0. The van der Waals surface area contributed by atoms with Gasteiger partial charge in [0.05, 0.1) is 12.0 Å². The minimum Gasteiger partial charge on any atom is -0.493 e. The molecule has 5 nitrogen and oxygen atoms in total. The van der Waals surface area contributed by atoms with E-state index >= 15 is 0 Å². The molecule has 0 aliphatic heterocycles. The zero-order valence-electron chi connectivity index (χ0n) is 12.5. The van der Waals surface area contributed by atoms with E-state index in [1.807, 2.05) is 30.3 Å². The second kappa shape index (κ2) is 7.26. The first kappa shape index (κ1) is 15.6. The van der Waals surface area contributed by atoms with Gasteiger partial charge in [0.1, 0.15) is 6.61 Å². The molecule has 0 aliphatic rings. The second-order valence-electron chi connectivity index (χ2n) is 4.74. The highest BCUT2D eigenvalue weighted by Crippen LogP contribution is 2.31. The van der Waals surface area contributed by atoms with E-state index < -0.39 is 4.92 Å². The Morgan fingerprint density at radius 1 is 1.18 bits per heavy atom. The average molecular weight is 299 g/mol. The number of nitrogens with zero attached hydrogens (tertiary/aromatic N) is 1. The van der Waals surface area contributed by atoms with Crippen molar-refractivity contribution in [1.82, 2.24) is 0 Å². The molecule has 0 unspecified atom stereocenters. The molecule has 0 amide bonds. The van der Waals surface area contributed by atoms with Gasteiger partial charge < -0.3 is 9.47 Å². The molecule has 0 heterocycles. The van der Waals surface area contributed by atoms with Crippen LogP contribution in [0.1, 0.15) is 18.1 Å². The third-order valence-corrected chi connectivity index (χ3v) is 3.16. The molecular formula is C17H17NO4. The van der Waals surface area contributed by atoms with E-state index in [1.54, 1.807) is 32.2 Å². The fraction of sp³-hybridized carbons (Fsp3) is 0.176. The Morgan fingerprint density at radius 2 is 1.91 bits per heavy atom. The number of nitro groups is 1. The SMILES string of the molecule is COc1ccc(/C(C)=C/[N+](=O)[O-])cc1OCc1ccccc1. The Morgan fingerprint density at radius 3 is 2.55 bits per heavy atom. The third-order valence-electron chi connectivity index (χ3n) is 3.16. The van der Waals surface area contributed by atoms with Crippen molar-refractivity contribution >= 4 is 5.57 Å². The summed E-state index contributed by atoms with van der Waals surface area (Å²) in [5, 5.41) is 10.6. The Labute approximate surface area is 129 Å². The van der Waals surface area contributed by atoms with Crippen LogP contribution in [-0.2, 0) is 6.61 Å². The summed E-state index contributed by atoms with van der Waals surface area (Å²) >= 11 is 0. The first-order chi connectivity index (χ1) is 10.6. The summed E-state index contributed by atoms with van der Waals surface area (Å²) in [4.78, 5) is 10.1. The van der Waals surface area contributed by atoms with E-state index in [4.69, 9.17) is 9.47 Å². The summed E-state index contributed by atoms with van der Waals surface area (Å²) in [5.41, 5.74) is 2.31. The minimum atomic E-state index is -0.468. The molecule has 2 rings (SSSR count). The Kier molecular flexibility index (Phi) is 5.14. The smallest absolute Gasteiger partial charge is 0.237 e. The van der Waals surface area contributed by atoms with E-state index in [0.717, 1.165) is 17.3 Å². The molecule has 0 atom stereocenters. The van der Waals surface area contributed by atoms with Crippen LogP contribution in [0.3, 0.4) is 0 Å². The fourth-order valence-corrected chi connectivity index (χ4v) is 2.00. The molecule has 22 heavy (non-hydrogen) atoms.